The molecular weight excluding hydrogens is 1060 g/mol. The maximum absolute atomic E-state index is 15.4. The van der Waals surface area contributed by atoms with Gasteiger partial charge in [0.25, 0.3) is 5.56 Å². The number of fused-ring (bicyclic) bond motifs is 5. The molecule has 25 heteroatoms. The van der Waals surface area contributed by atoms with Crippen LogP contribution in [-0.4, -0.2) is 95.8 Å². The molecule has 5 atom stereocenters. The van der Waals surface area contributed by atoms with Gasteiger partial charge in [0.05, 0.1) is 73.8 Å². The molecule has 5 amide bonds. The van der Waals surface area contributed by atoms with Gasteiger partial charge in [-0.15, -0.1) is 0 Å². The number of rotatable bonds is 21. The third-order valence-corrected chi connectivity index (χ3v) is 13.9. The first-order valence-electron chi connectivity index (χ1n) is 25.7. The van der Waals surface area contributed by atoms with Crippen molar-refractivity contribution in [3.05, 3.63) is 121 Å². The molecule has 0 saturated heterocycles. The number of alkyl carbamates (subject to hydrolysis) is 1. The van der Waals surface area contributed by atoms with Crippen molar-refractivity contribution in [1.82, 2.24) is 30.8 Å². The van der Waals surface area contributed by atoms with Crippen LogP contribution in [0.15, 0.2) is 47.3 Å². The van der Waals surface area contributed by atoms with Gasteiger partial charge in [0.15, 0.2) is 11.6 Å². The Morgan fingerprint density at radius 3 is 2.08 bits per heavy atom. The highest BCUT2D eigenvalue weighted by atomic mass is 19.2. The minimum absolute atomic E-state index is 0.0288. The molecule has 0 fully saturated rings. The monoisotopic (exact) mass is 1120 g/mol. The minimum Gasteiger partial charge on any atom is -0.460 e. The molecule has 5 N–H and O–H groups in total. The molecule has 20 nitrogen and oxygen atoms in total. The van der Waals surface area contributed by atoms with Crippen LogP contribution in [0.3, 0.4) is 0 Å². The Labute approximate surface area is 453 Å². The van der Waals surface area contributed by atoms with E-state index in [2.05, 4.69) is 31.3 Å². The number of anilines is 1. The fourth-order valence-electron chi connectivity index (χ4n) is 9.62. The number of halogens is 5. The van der Waals surface area contributed by atoms with Crippen LogP contribution in [0.4, 0.5) is 32.4 Å². The predicted molar refractivity (Wildman–Crippen MR) is 273 cm³/mol. The summed E-state index contributed by atoms with van der Waals surface area (Å²) in [6.45, 7) is 7.10. The number of nitrogens with one attached hydrogen (secondary N) is 5. The molecule has 80 heavy (non-hydrogen) atoms. The number of carbonyl (C=O) groups is 7. The van der Waals surface area contributed by atoms with E-state index in [1.54, 1.807) is 41.8 Å². The highest BCUT2D eigenvalue weighted by Crippen LogP contribution is 2.45. The van der Waals surface area contributed by atoms with Gasteiger partial charge in [0, 0.05) is 35.2 Å². The summed E-state index contributed by atoms with van der Waals surface area (Å²) in [7, 11) is 0. The van der Waals surface area contributed by atoms with E-state index in [9.17, 15) is 55.9 Å². The number of aromatic nitrogens is 2. The second kappa shape index (κ2) is 24.8. The fourth-order valence-corrected chi connectivity index (χ4v) is 9.62. The van der Waals surface area contributed by atoms with E-state index in [1.807, 2.05) is 6.92 Å². The van der Waals surface area contributed by atoms with E-state index in [0.717, 1.165) is 5.56 Å². The van der Waals surface area contributed by atoms with Gasteiger partial charge in [-0.3, -0.25) is 33.6 Å². The molecule has 2 aromatic heterocycles. The van der Waals surface area contributed by atoms with Crippen molar-refractivity contribution in [3.8, 4) is 17.1 Å². The van der Waals surface area contributed by atoms with Crippen molar-refractivity contribution in [2.75, 3.05) is 31.7 Å². The smallest absolute Gasteiger partial charge is 0.407 e. The van der Waals surface area contributed by atoms with Crippen molar-refractivity contribution < 1.29 is 79.2 Å². The normalized spacial score (nSPS) is 16.0. The summed E-state index contributed by atoms with van der Waals surface area (Å²) in [5, 5.41) is 13.8. The number of pyridine rings is 2. The summed E-state index contributed by atoms with van der Waals surface area (Å²) >= 11 is 0. The first-order valence-corrected chi connectivity index (χ1v) is 25.7. The van der Waals surface area contributed by atoms with E-state index in [1.165, 1.54) is 26.8 Å². The number of cyclic esters (lactones) is 1. The molecule has 1 unspecified atom stereocenters. The van der Waals surface area contributed by atoms with Crippen molar-refractivity contribution in [1.29, 1.82) is 0 Å². The molecule has 4 heterocycles. The minimum atomic E-state index is -1.86. The number of nitrogens with zero attached hydrogens (tertiary/aromatic N) is 2. The molecule has 8 rings (SSSR count). The van der Waals surface area contributed by atoms with Gasteiger partial charge in [0.2, 0.25) is 41.0 Å². The molecule has 0 radical (unpaired) electrons. The first kappa shape index (κ1) is 57.8. The summed E-state index contributed by atoms with van der Waals surface area (Å²) in [6, 6.07) is 5.71. The molecule has 424 valence electrons. The Bertz CT molecular complexity index is 3350. The van der Waals surface area contributed by atoms with Gasteiger partial charge in [-0.1, -0.05) is 19.1 Å². The molecule has 0 saturated carbocycles. The number of carbonyl (C=O) groups excluding carboxylic acids is 7. The Morgan fingerprint density at radius 1 is 0.775 bits per heavy atom. The average molecular weight is 1120 g/mol. The zero-order chi connectivity index (χ0) is 57.7. The van der Waals surface area contributed by atoms with Crippen LogP contribution in [0.2, 0.25) is 0 Å². The maximum Gasteiger partial charge on any atom is 0.407 e. The molecule has 2 aliphatic heterocycles. The van der Waals surface area contributed by atoms with Crippen LogP contribution in [0, 0.1) is 36.0 Å². The molecule has 0 spiro atoms. The topological polar surface area (TPSA) is 261 Å². The van der Waals surface area contributed by atoms with Crippen LogP contribution in [-0.2, 0) is 73.9 Å². The van der Waals surface area contributed by atoms with E-state index >= 15 is 4.39 Å². The van der Waals surface area contributed by atoms with Crippen LogP contribution in [0.1, 0.15) is 104 Å². The lowest BCUT2D eigenvalue weighted by atomic mass is 9.81. The number of ether oxygens (including phenoxy) is 5. The van der Waals surface area contributed by atoms with E-state index in [4.69, 9.17) is 23.9 Å². The first-order chi connectivity index (χ1) is 38.1. The van der Waals surface area contributed by atoms with Gasteiger partial charge < -0.3 is 54.8 Å². The summed E-state index contributed by atoms with van der Waals surface area (Å²) < 4.78 is 96.8. The Balaban J connectivity index is 0.749. The summed E-state index contributed by atoms with van der Waals surface area (Å²) in [4.78, 5) is 108. The lowest BCUT2D eigenvalue weighted by Gasteiger charge is -2.29. The lowest BCUT2D eigenvalue weighted by molar-refractivity contribution is -0.148. The molecule has 3 aliphatic rings. The SMILES string of the molecule is CC[C@H]1C(=O)OCc2c1cc1n(c2=O)Cc2c-1nc1cc(F)c(C)c3c1c2C(NC(=O)OCc1ccc(NC(=O)[C@H](C)NC(=O)[C@H](C)NC(=O)[C@H](C)NC(=O)CCOCCOCCC(=O)Oc2c(F)c(F)cc(F)c2F)cc1)CC3. The highest BCUT2D eigenvalue weighted by Gasteiger charge is 2.38. The van der Waals surface area contributed by atoms with Crippen molar-refractivity contribution >= 4 is 58.3 Å². The van der Waals surface area contributed by atoms with Crippen LogP contribution in [0.25, 0.3) is 22.3 Å². The largest absolute Gasteiger partial charge is 0.460 e. The van der Waals surface area contributed by atoms with Crippen LogP contribution >= 0.6 is 0 Å². The molecule has 0 bridgehead atoms. The summed E-state index contributed by atoms with van der Waals surface area (Å²) in [5.41, 5.74) is 5.64. The maximum atomic E-state index is 15.4. The number of hydrogen-bond acceptors (Lipinski definition) is 14. The molecule has 5 aromatic rings. The van der Waals surface area contributed by atoms with Gasteiger partial charge >= 0.3 is 18.0 Å². The summed E-state index contributed by atoms with van der Waals surface area (Å²) in [5.74, 6) is -13.9. The van der Waals surface area contributed by atoms with Gasteiger partial charge in [-0.2, -0.15) is 8.78 Å². The summed E-state index contributed by atoms with van der Waals surface area (Å²) in [6.07, 6.45) is -0.144. The van der Waals surface area contributed by atoms with Gasteiger partial charge in [0.1, 0.15) is 37.2 Å². The van der Waals surface area contributed by atoms with Crippen molar-refractivity contribution in [2.24, 2.45) is 0 Å². The zero-order valence-corrected chi connectivity index (χ0v) is 44.0. The number of aryl methyl sites for hydroxylation is 1. The van der Waals surface area contributed by atoms with Crippen molar-refractivity contribution in [2.45, 2.75) is 117 Å². The van der Waals surface area contributed by atoms with E-state index in [-0.39, 0.29) is 64.2 Å². The third-order valence-electron chi connectivity index (χ3n) is 13.9. The Hall–Kier alpha value is -8.32. The van der Waals surface area contributed by atoms with Crippen LogP contribution < -0.4 is 36.9 Å². The second-order valence-corrected chi connectivity index (χ2v) is 19.4. The standard InChI is InChI=1S/C55H56F5N7O13/c1-6-31-33-19-41-48-34(22-67(41)53(73)35(33)24-78-54(31)74)45-39(12-11-32-25(2)36(56)21-40(65-48)44(32)45)66-55(75)79-23-29-7-9-30(10-8-29)64-52(72)28(5)63-51(71)27(4)62-50(70)26(3)61-42(68)13-15-76-17-18-77-16-14-43(69)80-49-46(59)37(57)20-38(58)47(49)60/h7-10,19-21,26-28,31,39H,6,11-18,22-24H2,1-5H3,(H,61,68)(H,62,70)(H,63,71)(H,64,72)(H,66,75)/t26-,27-,28-,31+,39?/m0/s1. The fraction of sp³-hybridized carbons (Fsp3) is 0.400. The quantitative estimate of drug-likeness (QED) is 0.0189. The third kappa shape index (κ3) is 12.6. The molecule has 3 aromatic carbocycles. The molecular formula is C55H56F5N7O13. The predicted octanol–water partition coefficient (Wildman–Crippen LogP) is 5.76. The van der Waals surface area contributed by atoms with E-state index < -0.39 is 113 Å². The highest BCUT2D eigenvalue weighted by molar-refractivity contribution is 5.99. The number of esters is 2. The number of amides is 5. The van der Waals surface area contributed by atoms with Crippen molar-refractivity contribution in [3.63, 3.8) is 0 Å². The van der Waals surface area contributed by atoms with E-state index in [0.29, 0.717) is 80.6 Å². The second-order valence-electron chi connectivity index (χ2n) is 19.4. The van der Waals surface area contributed by atoms with Gasteiger partial charge in [-0.25, -0.2) is 22.9 Å². The average Bonchev–Trinajstić information content (AvgIpc) is 3.79. The zero-order valence-electron chi connectivity index (χ0n) is 44.0. The Kier molecular flexibility index (Phi) is 17.9. The molecule has 1 aliphatic carbocycles. The Morgan fingerprint density at radius 2 is 1.41 bits per heavy atom. The number of benzene rings is 3. The lowest BCUT2D eigenvalue weighted by Crippen LogP contribution is -2.54. The number of hydrogen-bond donors (Lipinski definition) is 5. The van der Waals surface area contributed by atoms with Crippen LogP contribution in [0.5, 0.6) is 5.75 Å². The van der Waals surface area contributed by atoms with Gasteiger partial charge in [-0.05, 0) is 93.0 Å².